The molecule has 0 aromatic heterocycles. The maximum atomic E-state index is 12.7. The van der Waals surface area contributed by atoms with Crippen molar-refractivity contribution >= 4 is 11.8 Å². The Kier molecular flexibility index (Phi) is 4.40. The van der Waals surface area contributed by atoms with Crippen molar-refractivity contribution in [3.63, 3.8) is 0 Å². The van der Waals surface area contributed by atoms with Gasteiger partial charge in [-0.15, -0.1) is 0 Å². The van der Waals surface area contributed by atoms with E-state index in [0.29, 0.717) is 6.42 Å². The zero-order chi connectivity index (χ0) is 14.9. The summed E-state index contributed by atoms with van der Waals surface area (Å²) in [6.07, 6.45) is 5.44. The smallest absolute Gasteiger partial charge is 0.246 e. The SMILES string of the molecule is CCC1C(=O)NC(C(C)C)C(=O)N1CC1(CC)CCC1. The van der Waals surface area contributed by atoms with E-state index < -0.39 is 0 Å². The Bertz CT molecular complexity index is 382. The van der Waals surface area contributed by atoms with Crippen LogP contribution in [0.2, 0.25) is 0 Å². The van der Waals surface area contributed by atoms with Crippen LogP contribution in [0.3, 0.4) is 0 Å². The Hall–Kier alpha value is -1.06. The Morgan fingerprint density at radius 3 is 2.35 bits per heavy atom. The molecule has 4 heteroatoms. The third kappa shape index (κ3) is 2.57. The third-order valence-electron chi connectivity index (χ3n) is 5.25. The molecule has 1 heterocycles. The first-order valence-corrected chi connectivity index (χ1v) is 8.05. The number of nitrogens with zero attached hydrogens (tertiary/aromatic N) is 1. The van der Waals surface area contributed by atoms with Crippen molar-refractivity contribution < 1.29 is 9.59 Å². The van der Waals surface area contributed by atoms with Crippen LogP contribution in [-0.4, -0.2) is 35.3 Å². The van der Waals surface area contributed by atoms with Gasteiger partial charge in [0.25, 0.3) is 0 Å². The maximum absolute atomic E-state index is 12.7. The highest BCUT2D eigenvalue weighted by Gasteiger charge is 2.45. The quantitative estimate of drug-likeness (QED) is 0.840. The number of carbonyl (C=O) groups excluding carboxylic acids is 2. The van der Waals surface area contributed by atoms with Gasteiger partial charge in [-0.2, -0.15) is 0 Å². The number of amides is 2. The topological polar surface area (TPSA) is 49.4 Å². The maximum Gasteiger partial charge on any atom is 0.246 e. The summed E-state index contributed by atoms with van der Waals surface area (Å²) in [7, 11) is 0. The monoisotopic (exact) mass is 280 g/mol. The molecule has 114 valence electrons. The molecule has 1 saturated heterocycles. The second-order valence-electron chi connectivity index (χ2n) is 6.83. The predicted octanol–water partition coefficient (Wildman–Crippen LogP) is 2.33. The molecule has 1 N–H and O–H groups in total. The summed E-state index contributed by atoms with van der Waals surface area (Å²) in [6, 6.07) is -0.624. The van der Waals surface area contributed by atoms with E-state index in [1.807, 2.05) is 25.7 Å². The van der Waals surface area contributed by atoms with E-state index >= 15 is 0 Å². The van der Waals surface area contributed by atoms with E-state index in [-0.39, 0.29) is 35.2 Å². The zero-order valence-corrected chi connectivity index (χ0v) is 13.2. The van der Waals surface area contributed by atoms with Crippen molar-refractivity contribution in [1.82, 2.24) is 10.2 Å². The van der Waals surface area contributed by atoms with Gasteiger partial charge >= 0.3 is 0 Å². The summed E-state index contributed by atoms with van der Waals surface area (Å²) < 4.78 is 0. The minimum atomic E-state index is -0.348. The average Bonchev–Trinajstić information content (AvgIpc) is 2.36. The highest BCUT2D eigenvalue weighted by atomic mass is 16.2. The molecule has 2 unspecified atom stereocenters. The molecule has 2 atom stereocenters. The molecule has 20 heavy (non-hydrogen) atoms. The fraction of sp³-hybridized carbons (Fsp3) is 0.875. The lowest BCUT2D eigenvalue weighted by Crippen LogP contribution is -2.66. The molecule has 0 spiro atoms. The van der Waals surface area contributed by atoms with Crippen molar-refractivity contribution in [1.29, 1.82) is 0 Å². The van der Waals surface area contributed by atoms with Crippen LogP contribution in [0, 0.1) is 11.3 Å². The van der Waals surface area contributed by atoms with Gasteiger partial charge < -0.3 is 10.2 Å². The number of hydrogen-bond acceptors (Lipinski definition) is 2. The van der Waals surface area contributed by atoms with Crippen molar-refractivity contribution in [2.75, 3.05) is 6.54 Å². The van der Waals surface area contributed by atoms with Gasteiger partial charge in [0.05, 0.1) is 0 Å². The Morgan fingerprint density at radius 1 is 1.30 bits per heavy atom. The first-order chi connectivity index (χ1) is 9.44. The Balaban J connectivity index is 2.20. The van der Waals surface area contributed by atoms with Gasteiger partial charge in [-0.05, 0) is 37.0 Å². The molecule has 0 aromatic carbocycles. The molecule has 2 aliphatic rings. The van der Waals surface area contributed by atoms with Crippen molar-refractivity contribution in [2.24, 2.45) is 11.3 Å². The van der Waals surface area contributed by atoms with Crippen molar-refractivity contribution in [3.05, 3.63) is 0 Å². The number of rotatable bonds is 5. The van der Waals surface area contributed by atoms with Crippen LogP contribution in [0.4, 0.5) is 0 Å². The second-order valence-corrected chi connectivity index (χ2v) is 6.83. The molecule has 1 aliphatic carbocycles. The first-order valence-electron chi connectivity index (χ1n) is 8.05. The molecule has 0 aromatic rings. The molecule has 0 radical (unpaired) electrons. The van der Waals surface area contributed by atoms with E-state index in [9.17, 15) is 9.59 Å². The van der Waals surface area contributed by atoms with E-state index in [2.05, 4.69) is 12.2 Å². The van der Waals surface area contributed by atoms with Crippen LogP contribution in [0.5, 0.6) is 0 Å². The van der Waals surface area contributed by atoms with Crippen LogP contribution in [-0.2, 0) is 9.59 Å². The molecular formula is C16H28N2O2. The van der Waals surface area contributed by atoms with Gasteiger partial charge in [0.2, 0.25) is 11.8 Å². The summed E-state index contributed by atoms with van der Waals surface area (Å²) in [5.41, 5.74) is 0.266. The van der Waals surface area contributed by atoms with Crippen molar-refractivity contribution in [3.8, 4) is 0 Å². The molecule has 0 bridgehead atoms. The minimum absolute atomic E-state index is 0.0244. The van der Waals surface area contributed by atoms with Gasteiger partial charge in [0.15, 0.2) is 0 Å². The third-order valence-corrected chi connectivity index (χ3v) is 5.25. The van der Waals surface area contributed by atoms with Gasteiger partial charge in [0.1, 0.15) is 12.1 Å². The molecule has 1 aliphatic heterocycles. The number of nitrogens with one attached hydrogen (secondary N) is 1. The van der Waals surface area contributed by atoms with Crippen LogP contribution in [0.25, 0.3) is 0 Å². The summed E-state index contributed by atoms with van der Waals surface area (Å²) in [5.74, 6) is 0.285. The zero-order valence-electron chi connectivity index (χ0n) is 13.2. The molecule has 2 amide bonds. The fourth-order valence-corrected chi connectivity index (χ4v) is 3.49. The minimum Gasteiger partial charge on any atom is -0.342 e. The lowest BCUT2D eigenvalue weighted by Gasteiger charge is -2.49. The molecule has 1 saturated carbocycles. The van der Waals surface area contributed by atoms with E-state index in [1.165, 1.54) is 19.3 Å². The van der Waals surface area contributed by atoms with Gasteiger partial charge in [-0.1, -0.05) is 34.1 Å². The molecule has 2 fully saturated rings. The number of piperazine rings is 1. The molecule has 4 nitrogen and oxygen atoms in total. The Morgan fingerprint density at radius 2 is 1.95 bits per heavy atom. The molecule has 2 rings (SSSR count). The van der Waals surface area contributed by atoms with E-state index in [4.69, 9.17) is 0 Å². The Labute approximate surface area is 122 Å². The summed E-state index contributed by atoms with van der Waals surface area (Å²) in [5, 5.41) is 2.91. The fourth-order valence-electron chi connectivity index (χ4n) is 3.49. The normalized spacial score (nSPS) is 29.4. The predicted molar refractivity (Wildman–Crippen MR) is 79.1 cm³/mol. The molecular weight excluding hydrogens is 252 g/mol. The van der Waals surface area contributed by atoms with Gasteiger partial charge in [0, 0.05) is 6.54 Å². The number of carbonyl (C=O) groups is 2. The summed E-state index contributed by atoms with van der Waals surface area (Å²) >= 11 is 0. The van der Waals surface area contributed by atoms with E-state index in [1.54, 1.807) is 0 Å². The largest absolute Gasteiger partial charge is 0.342 e. The standard InChI is InChI=1S/C16H28N2O2/c1-5-12-14(19)17-13(11(3)4)15(20)18(12)10-16(6-2)8-7-9-16/h11-13H,5-10H2,1-4H3,(H,17,19). The number of hydrogen-bond donors (Lipinski definition) is 1. The summed E-state index contributed by atoms with van der Waals surface area (Å²) in [6.45, 7) is 8.93. The van der Waals surface area contributed by atoms with Gasteiger partial charge in [-0.25, -0.2) is 0 Å². The lowest BCUT2D eigenvalue weighted by molar-refractivity contribution is -0.154. The summed E-state index contributed by atoms with van der Waals surface area (Å²) in [4.78, 5) is 26.9. The highest BCUT2D eigenvalue weighted by molar-refractivity contribution is 5.97. The van der Waals surface area contributed by atoms with Crippen molar-refractivity contribution in [2.45, 2.75) is 71.9 Å². The van der Waals surface area contributed by atoms with Crippen LogP contribution in [0.15, 0.2) is 0 Å². The van der Waals surface area contributed by atoms with Crippen LogP contribution >= 0.6 is 0 Å². The highest BCUT2D eigenvalue weighted by Crippen LogP contribution is 2.45. The average molecular weight is 280 g/mol. The first kappa shape index (κ1) is 15.3. The van der Waals surface area contributed by atoms with E-state index in [0.717, 1.165) is 13.0 Å². The second kappa shape index (κ2) is 5.74. The van der Waals surface area contributed by atoms with Crippen LogP contribution < -0.4 is 5.32 Å². The van der Waals surface area contributed by atoms with Crippen LogP contribution in [0.1, 0.15) is 59.8 Å². The lowest BCUT2D eigenvalue weighted by atomic mass is 9.66. The van der Waals surface area contributed by atoms with Gasteiger partial charge in [-0.3, -0.25) is 9.59 Å².